The van der Waals surface area contributed by atoms with E-state index < -0.39 is 10.0 Å². The second-order valence-corrected chi connectivity index (χ2v) is 6.16. The molecule has 1 aliphatic heterocycles. The molecule has 0 radical (unpaired) electrons. The molecule has 21 heavy (non-hydrogen) atoms. The van der Waals surface area contributed by atoms with Crippen LogP contribution in [0.15, 0.2) is 58.5 Å². The van der Waals surface area contributed by atoms with Crippen LogP contribution in [0.4, 0.5) is 4.39 Å². The van der Waals surface area contributed by atoms with E-state index in [1.54, 1.807) is 30.3 Å². The number of nitrogens with one attached hydrogen (secondary N) is 2. The number of nitrogens with zero attached hydrogens (tertiary/aromatic N) is 1. The lowest BCUT2D eigenvalue weighted by molar-refractivity contribution is 0.582. The van der Waals surface area contributed by atoms with Crippen molar-refractivity contribution >= 4 is 15.9 Å². The second kappa shape index (κ2) is 5.17. The van der Waals surface area contributed by atoms with Crippen LogP contribution in [0.1, 0.15) is 11.1 Å². The number of benzene rings is 2. The second-order valence-electron chi connectivity index (χ2n) is 4.53. The molecule has 7 heteroatoms. The highest BCUT2D eigenvalue weighted by molar-refractivity contribution is 7.89. The lowest BCUT2D eigenvalue weighted by Crippen LogP contribution is -2.35. The fourth-order valence-electron chi connectivity index (χ4n) is 2.03. The Morgan fingerprint density at radius 1 is 1.10 bits per heavy atom. The molecule has 0 aliphatic carbocycles. The van der Waals surface area contributed by atoms with Gasteiger partial charge in [0.25, 0.3) is 10.0 Å². The lowest BCUT2D eigenvalue weighted by Gasteiger charge is -2.18. The van der Waals surface area contributed by atoms with Crippen molar-refractivity contribution in [2.75, 3.05) is 0 Å². The minimum absolute atomic E-state index is 0.182. The van der Waals surface area contributed by atoms with Gasteiger partial charge in [0.1, 0.15) is 5.82 Å². The van der Waals surface area contributed by atoms with E-state index in [1.807, 2.05) is 0 Å². The summed E-state index contributed by atoms with van der Waals surface area (Å²) in [5.41, 5.74) is 1.38. The van der Waals surface area contributed by atoms with Crippen molar-refractivity contribution in [2.45, 2.75) is 11.4 Å². The van der Waals surface area contributed by atoms with Crippen LogP contribution in [-0.2, 0) is 16.6 Å². The van der Waals surface area contributed by atoms with E-state index in [-0.39, 0.29) is 10.7 Å². The van der Waals surface area contributed by atoms with E-state index in [9.17, 15) is 12.8 Å². The molecule has 3 rings (SSSR count). The molecule has 2 aromatic rings. The minimum atomic E-state index is -3.59. The van der Waals surface area contributed by atoms with Crippen molar-refractivity contribution in [3.8, 4) is 0 Å². The Morgan fingerprint density at radius 3 is 2.57 bits per heavy atom. The molecule has 0 atom stereocenters. The van der Waals surface area contributed by atoms with Gasteiger partial charge in [0.15, 0.2) is 5.84 Å². The fraction of sp³-hybridized carbons (Fsp3) is 0.0714. The first-order valence-electron chi connectivity index (χ1n) is 6.23. The Bertz CT molecular complexity index is 801. The number of hydrazone groups is 1. The molecule has 0 spiro atoms. The van der Waals surface area contributed by atoms with Crippen LogP contribution in [0.25, 0.3) is 0 Å². The zero-order valence-corrected chi connectivity index (χ0v) is 11.7. The summed E-state index contributed by atoms with van der Waals surface area (Å²) in [6.45, 7) is 0.412. The number of fused-ring (bicyclic) bond motifs is 1. The van der Waals surface area contributed by atoms with Crippen LogP contribution in [0.3, 0.4) is 0 Å². The average molecular weight is 305 g/mol. The van der Waals surface area contributed by atoms with Gasteiger partial charge < -0.3 is 5.32 Å². The molecule has 2 aromatic carbocycles. The third-order valence-corrected chi connectivity index (χ3v) is 4.35. The molecule has 1 heterocycles. The Hall–Kier alpha value is -2.41. The standard InChI is InChI=1S/C14H12FN3O2S/c15-11-7-5-10(6-8-11)9-16-14-12-3-1-2-4-13(12)21(19,20)18-17-14/h1-8,18H,9H2,(H,16,17). The smallest absolute Gasteiger partial charge is 0.277 e. The lowest BCUT2D eigenvalue weighted by atomic mass is 10.2. The predicted octanol–water partition coefficient (Wildman–Crippen LogP) is 1.57. The Morgan fingerprint density at radius 2 is 1.81 bits per heavy atom. The first-order valence-corrected chi connectivity index (χ1v) is 7.72. The highest BCUT2D eigenvalue weighted by atomic mass is 32.2. The molecule has 0 fully saturated rings. The van der Waals surface area contributed by atoms with Crippen LogP contribution < -0.4 is 10.1 Å². The summed E-state index contributed by atoms with van der Waals surface area (Å²) in [4.78, 5) is 2.33. The van der Waals surface area contributed by atoms with Gasteiger partial charge in [-0.15, -0.1) is 5.10 Å². The molecular formula is C14H12FN3O2S. The molecule has 0 saturated carbocycles. The maximum atomic E-state index is 12.8. The molecule has 108 valence electrons. The third-order valence-electron chi connectivity index (χ3n) is 3.08. The predicted molar refractivity (Wildman–Crippen MR) is 76.5 cm³/mol. The zero-order valence-electron chi connectivity index (χ0n) is 10.9. The molecule has 0 amide bonds. The summed E-state index contributed by atoms with van der Waals surface area (Å²) >= 11 is 0. The summed E-state index contributed by atoms with van der Waals surface area (Å²) in [5, 5.41) is 6.90. The van der Waals surface area contributed by atoms with Crippen molar-refractivity contribution in [3.63, 3.8) is 0 Å². The zero-order chi connectivity index (χ0) is 14.9. The van der Waals surface area contributed by atoms with Crippen molar-refractivity contribution in [1.29, 1.82) is 0 Å². The van der Waals surface area contributed by atoms with Crippen molar-refractivity contribution in [2.24, 2.45) is 5.10 Å². The van der Waals surface area contributed by atoms with Gasteiger partial charge in [-0.2, -0.15) is 13.2 Å². The Balaban J connectivity index is 1.84. The fourth-order valence-corrected chi connectivity index (χ4v) is 3.06. The molecular weight excluding hydrogens is 293 g/mol. The van der Waals surface area contributed by atoms with Gasteiger partial charge in [0.2, 0.25) is 0 Å². The van der Waals surface area contributed by atoms with E-state index in [4.69, 9.17) is 0 Å². The van der Waals surface area contributed by atoms with Crippen molar-refractivity contribution in [3.05, 3.63) is 65.5 Å². The summed E-state index contributed by atoms with van der Waals surface area (Å²) in [6, 6.07) is 12.7. The maximum Gasteiger partial charge on any atom is 0.277 e. The van der Waals surface area contributed by atoms with E-state index in [0.29, 0.717) is 17.9 Å². The minimum Gasteiger partial charge on any atom is -0.364 e. The van der Waals surface area contributed by atoms with E-state index in [2.05, 4.69) is 15.2 Å². The van der Waals surface area contributed by atoms with Gasteiger partial charge in [-0.05, 0) is 29.8 Å². The number of amidine groups is 1. The molecule has 0 unspecified atom stereocenters. The number of sulfonamides is 1. The number of halogens is 1. The van der Waals surface area contributed by atoms with Crippen molar-refractivity contribution in [1.82, 2.24) is 10.1 Å². The third kappa shape index (κ3) is 2.73. The normalized spacial score (nSPS) is 15.6. The van der Waals surface area contributed by atoms with Gasteiger partial charge in [-0.3, -0.25) is 0 Å². The highest BCUT2D eigenvalue weighted by Crippen LogP contribution is 2.19. The maximum absolute atomic E-state index is 12.8. The van der Waals surface area contributed by atoms with E-state index in [0.717, 1.165) is 5.56 Å². The monoisotopic (exact) mass is 305 g/mol. The van der Waals surface area contributed by atoms with Crippen LogP contribution in [0, 0.1) is 5.82 Å². The molecule has 0 bridgehead atoms. The van der Waals surface area contributed by atoms with Gasteiger partial charge in [-0.25, -0.2) is 4.39 Å². The summed E-state index contributed by atoms with van der Waals surface area (Å²) < 4.78 is 36.5. The quantitative estimate of drug-likeness (QED) is 0.885. The Labute approximate surface area is 121 Å². The van der Waals surface area contributed by atoms with E-state index >= 15 is 0 Å². The first kappa shape index (κ1) is 13.6. The largest absolute Gasteiger partial charge is 0.364 e. The van der Waals surface area contributed by atoms with Gasteiger partial charge in [0, 0.05) is 12.1 Å². The molecule has 0 aromatic heterocycles. The van der Waals surface area contributed by atoms with Gasteiger partial charge in [0.05, 0.1) is 4.90 Å². The molecule has 5 nitrogen and oxygen atoms in total. The van der Waals surface area contributed by atoms with Gasteiger partial charge in [-0.1, -0.05) is 24.3 Å². The highest BCUT2D eigenvalue weighted by Gasteiger charge is 2.25. The van der Waals surface area contributed by atoms with Crippen LogP contribution in [-0.4, -0.2) is 14.3 Å². The first-order chi connectivity index (χ1) is 10.1. The molecule has 2 N–H and O–H groups in total. The average Bonchev–Trinajstić information content (AvgIpc) is 2.48. The van der Waals surface area contributed by atoms with Crippen LogP contribution in [0.2, 0.25) is 0 Å². The number of hydrogen-bond donors (Lipinski definition) is 2. The molecule has 1 aliphatic rings. The summed E-state index contributed by atoms with van der Waals surface area (Å²) in [6.07, 6.45) is 0. The topological polar surface area (TPSA) is 70.6 Å². The SMILES string of the molecule is O=S1(=O)NN=C(NCc2ccc(F)cc2)c2ccccc21. The number of rotatable bonds is 2. The van der Waals surface area contributed by atoms with Gasteiger partial charge >= 0.3 is 0 Å². The van der Waals surface area contributed by atoms with Crippen LogP contribution in [0.5, 0.6) is 0 Å². The summed E-state index contributed by atoms with van der Waals surface area (Å²) in [7, 11) is -3.59. The Kier molecular flexibility index (Phi) is 3.34. The van der Waals surface area contributed by atoms with Crippen LogP contribution >= 0.6 is 0 Å². The van der Waals surface area contributed by atoms with E-state index in [1.165, 1.54) is 18.2 Å². The van der Waals surface area contributed by atoms with Crippen molar-refractivity contribution < 1.29 is 12.8 Å². The summed E-state index contributed by atoms with van der Waals surface area (Å²) in [5.74, 6) is 0.136. The number of hydrogen-bond acceptors (Lipinski definition) is 4. The molecule has 0 saturated heterocycles.